The smallest absolute Gasteiger partial charge is 0.249 e. The van der Waals surface area contributed by atoms with Crippen LogP contribution in [-0.2, 0) is 6.18 Å². The van der Waals surface area contributed by atoms with Crippen LogP contribution in [0.2, 0.25) is 5.02 Å². The molecule has 0 saturated carbocycles. The van der Waals surface area contributed by atoms with E-state index in [4.69, 9.17) is 11.6 Å². The van der Waals surface area contributed by atoms with Gasteiger partial charge >= 0.3 is 6.18 Å². The van der Waals surface area contributed by atoms with Crippen LogP contribution in [0.1, 0.15) is 17.6 Å². The van der Waals surface area contributed by atoms with E-state index in [1.54, 1.807) is 0 Å². The summed E-state index contributed by atoms with van der Waals surface area (Å²) in [7, 11) is 0. The maximum absolute atomic E-state index is 12.4. The fourth-order valence-corrected chi connectivity index (χ4v) is 2.00. The van der Waals surface area contributed by atoms with Gasteiger partial charge < -0.3 is 0 Å². The van der Waals surface area contributed by atoms with Crippen molar-refractivity contribution in [1.29, 1.82) is 0 Å². The number of pyridine rings is 1. The zero-order valence-electron chi connectivity index (χ0n) is 6.75. The summed E-state index contributed by atoms with van der Waals surface area (Å²) in [6, 6.07) is 0. The maximum Gasteiger partial charge on any atom is 0.419 e. The minimum Gasteiger partial charge on any atom is -0.249 e. The second kappa shape index (κ2) is 4.36. The first-order chi connectivity index (χ1) is 6.75. The molecule has 1 aromatic rings. The fraction of sp³-hybridized carbons (Fsp3) is 0.286. The summed E-state index contributed by atoms with van der Waals surface area (Å²) in [4.78, 5) is 3.23. The molecule has 0 aromatic carbocycles. The van der Waals surface area contributed by atoms with Crippen LogP contribution in [0.3, 0.4) is 0 Å². The molecule has 15 heavy (non-hydrogen) atoms. The van der Waals surface area contributed by atoms with Crippen molar-refractivity contribution in [2.75, 3.05) is 0 Å². The predicted molar refractivity (Wildman–Crippen MR) is 51.9 cm³/mol. The van der Waals surface area contributed by atoms with E-state index in [9.17, 15) is 22.0 Å². The fourth-order valence-electron chi connectivity index (χ4n) is 0.867. The molecule has 1 heterocycles. The van der Waals surface area contributed by atoms with Crippen LogP contribution >= 0.6 is 34.2 Å². The Morgan fingerprint density at radius 2 is 1.87 bits per heavy atom. The van der Waals surface area contributed by atoms with Gasteiger partial charge in [0.25, 0.3) is 6.43 Å². The zero-order chi connectivity index (χ0) is 11.8. The van der Waals surface area contributed by atoms with Gasteiger partial charge in [-0.05, 0) is 22.6 Å². The number of hydrogen-bond donors (Lipinski definition) is 0. The van der Waals surface area contributed by atoms with E-state index >= 15 is 0 Å². The van der Waals surface area contributed by atoms with Crippen LogP contribution in [0.25, 0.3) is 0 Å². The molecule has 0 spiro atoms. The van der Waals surface area contributed by atoms with Gasteiger partial charge in [-0.1, -0.05) is 11.6 Å². The molecule has 84 valence electrons. The first-order valence-electron chi connectivity index (χ1n) is 3.44. The molecule has 0 atom stereocenters. The summed E-state index contributed by atoms with van der Waals surface area (Å²) in [6.07, 6.45) is -7.42. The summed E-state index contributed by atoms with van der Waals surface area (Å²) in [5.74, 6) is 0. The molecule has 0 unspecified atom stereocenters. The van der Waals surface area contributed by atoms with Crippen LogP contribution in [0, 0.1) is 3.70 Å². The minimum atomic E-state index is -4.78. The highest BCUT2D eigenvalue weighted by atomic mass is 127. The average Bonchev–Trinajstić information content (AvgIpc) is 2.00. The number of nitrogens with zero attached hydrogens (tertiary/aromatic N) is 1. The normalized spacial score (nSPS) is 12.3. The Balaban J connectivity index is 3.42. The van der Waals surface area contributed by atoms with Crippen molar-refractivity contribution in [3.8, 4) is 0 Å². The van der Waals surface area contributed by atoms with E-state index in [0.29, 0.717) is 6.20 Å². The lowest BCUT2D eigenvalue weighted by molar-refractivity contribution is -0.137. The molecule has 0 bridgehead atoms. The summed E-state index contributed by atoms with van der Waals surface area (Å²) in [5.41, 5.74) is -2.23. The number of hydrogen-bond acceptors (Lipinski definition) is 1. The predicted octanol–water partition coefficient (Wildman–Crippen LogP) is 4.30. The lowest BCUT2D eigenvalue weighted by atomic mass is 10.2. The molecule has 0 aliphatic carbocycles. The van der Waals surface area contributed by atoms with Crippen molar-refractivity contribution in [3.63, 3.8) is 0 Å². The van der Waals surface area contributed by atoms with E-state index in [2.05, 4.69) is 4.98 Å². The van der Waals surface area contributed by atoms with E-state index in [1.165, 1.54) is 22.6 Å². The van der Waals surface area contributed by atoms with Gasteiger partial charge in [0.15, 0.2) is 0 Å². The van der Waals surface area contributed by atoms with Crippen LogP contribution in [0.5, 0.6) is 0 Å². The van der Waals surface area contributed by atoms with Crippen molar-refractivity contribution in [2.24, 2.45) is 0 Å². The summed E-state index contributed by atoms with van der Waals surface area (Å²) in [6.45, 7) is 0. The Bertz CT molecular complexity index is 378. The van der Waals surface area contributed by atoms with E-state index in [0.717, 1.165) is 0 Å². The van der Waals surface area contributed by atoms with Crippen LogP contribution < -0.4 is 0 Å². The number of halogens is 7. The van der Waals surface area contributed by atoms with Crippen LogP contribution in [0.4, 0.5) is 22.0 Å². The minimum absolute atomic E-state index is 0.236. The molecule has 8 heteroatoms. The Morgan fingerprint density at radius 3 is 2.27 bits per heavy atom. The third-order valence-corrected chi connectivity index (χ3v) is 2.79. The zero-order valence-corrected chi connectivity index (χ0v) is 9.66. The molecule has 1 nitrogen and oxygen atoms in total. The van der Waals surface area contributed by atoms with E-state index < -0.39 is 28.8 Å². The van der Waals surface area contributed by atoms with Gasteiger partial charge in [0, 0.05) is 6.20 Å². The van der Waals surface area contributed by atoms with E-state index in [-0.39, 0.29) is 3.70 Å². The highest BCUT2D eigenvalue weighted by Gasteiger charge is 2.36. The Hall–Kier alpha value is -0.180. The van der Waals surface area contributed by atoms with Gasteiger partial charge in [0.2, 0.25) is 0 Å². The van der Waals surface area contributed by atoms with Gasteiger partial charge in [-0.2, -0.15) is 13.2 Å². The second-order valence-electron chi connectivity index (χ2n) is 2.49. The van der Waals surface area contributed by atoms with Crippen LogP contribution in [0.15, 0.2) is 6.20 Å². The first kappa shape index (κ1) is 12.9. The Labute approximate surface area is 99.8 Å². The van der Waals surface area contributed by atoms with Crippen LogP contribution in [-0.4, -0.2) is 4.98 Å². The number of rotatable bonds is 1. The average molecular weight is 357 g/mol. The monoisotopic (exact) mass is 357 g/mol. The quantitative estimate of drug-likeness (QED) is 0.415. The molecule has 0 amide bonds. The molecule has 0 radical (unpaired) electrons. The molecule has 1 rings (SSSR count). The topological polar surface area (TPSA) is 12.9 Å². The second-order valence-corrected chi connectivity index (χ2v) is 3.89. The summed E-state index contributed by atoms with van der Waals surface area (Å²) >= 11 is 6.65. The molecule has 0 aliphatic heterocycles. The SMILES string of the molecule is FC(F)c1c(I)ncc(C(F)(F)F)c1Cl. The number of alkyl halides is 5. The largest absolute Gasteiger partial charge is 0.419 e. The third kappa shape index (κ3) is 2.68. The molecule has 0 aliphatic rings. The molecular formula is C7H2ClF5IN. The lowest BCUT2D eigenvalue weighted by Gasteiger charge is -2.12. The molecular weight excluding hydrogens is 355 g/mol. The number of aromatic nitrogens is 1. The third-order valence-electron chi connectivity index (χ3n) is 1.53. The Kier molecular flexibility index (Phi) is 3.75. The van der Waals surface area contributed by atoms with Gasteiger partial charge in [-0.3, -0.25) is 0 Å². The van der Waals surface area contributed by atoms with Gasteiger partial charge in [0.05, 0.1) is 16.1 Å². The summed E-state index contributed by atoms with van der Waals surface area (Å²) < 4.78 is 61.2. The standard InChI is InChI=1S/C7H2ClF5IN/c8-4-2(7(11,12)13)1-15-6(14)3(4)5(9)10/h1,5H. The molecule has 0 fully saturated rings. The van der Waals surface area contributed by atoms with Gasteiger partial charge in [-0.25, -0.2) is 13.8 Å². The van der Waals surface area contributed by atoms with Crippen molar-refractivity contribution in [1.82, 2.24) is 4.98 Å². The van der Waals surface area contributed by atoms with Gasteiger partial charge in [-0.15, -0.1) is 0 Å². The summed E-state index contributed by atoms with van der Waals surface area (Å²) in [5, 5.41) is -0.989. The van der Waals surface area contributed by atoms with Crippen molar-refractivity contribution < 1.29 is 22.0 Å². The lowest BCUT2D eigenvalue weighted by Crippen LogP contribution is -2.09. The van der Waals surface area contributed by atoms with Crippen molar-refractivity contribution >= 4 is 34.2 Å². The van der Waals surface area contributed by atoms with Crippen molar-refractivity contribution in [3.05, 3.63) is 26.0 Å². The van der Waals surface area contributed by atoms with Gasteiger partial charge in [0.1, 0.15) is 3.70 Å². The molecule has 1 aromatic heterocycles. The van der Waals surface area contributed by atoms with Crippen molar-refractivity contribution in [2.45, 2.75) is 12.6 Å². The molecule has 0 N–H and O–H groups in total. The van der Waals surface area contributed by atoms with E-state index in [1.807, 2.05) is 0 Å². The maximum atomic E-state index is 12.4. The first-order valence-corrected chi connectivity index (χ1v) is 4.90. The molecule has 0 saturated heterocycles. The Morgan fingerprint density at radius 1 is 1.33 bits per heavy atom. The highest BCUT2D eigenvalue weighted by Crippen LogP contribution is 2.39. The highest BCUT2D eigenvalue weighted by molar-refractivity contribution is 14.1.